The van der Waals surface area contributed by atoms with Gasteiger partial charge in [0.05, 0.1) is 23.7 Å². The van der Waals surface area contributed by atoms with Crippen molar-refractivity contribution in [2.45, 2.75) is 62.7 Å². The topological polar surface area (TPSA) is 94.2 Å². The summed E-state index contributed by atoms with van der Waals surface area (Å²) in [6, 6.07) is 21.1. The second kappa shape index (κ2) is 12.5. The standard InChI is InChI=1S/C33H35N3O4SSi/c1-4-42(5-2,6-3)19-16-25-20-30-31(24-36(33(30)35-23-25)41(37,38)29-10-8-7-9-11-29)26-12-13-32(27(21-26)22-34)40-28-14-17-39-18-15-28/h7-13,20-21,23-24,28H,4-6,14-15,17-18H2,1-3H3. The Labute approximate surface area is 249 Å². The molecule has 0 spiro atoms. The molecule has 5 rings (SSSR count). The van der Waals surface area contributed by atoms with Crippen molar-refractivity contribution in [2.24, 2.45) is 0 Å². The van der Waals surface area contributed by atoms with Gasteiger partial charge in [0.15, 0.2) is 5.65 Å². The second-order valence-electron chi connectivity index (χ2n) is 10.6. The molecule has 0 N–H and O–H groups in total. The van der Waals surface area contributed by atoms with Crippen LogP contribution in [0.5, 0.6) is 5.75 Å². The molecular weight excluding hydrogens is 563 g/mol. The van der Waals surface area contributed by atoms with E-state index in [9.17, 15) is 13.7 Å². The van der Waals surface area contributed by atoms with Crippen LogP contribution in [0.1, 0.15) is 44.7 Å². The van der Waals surface area contributed by atoms with E-state index < -0.39 is 18.1 Å². The van der Waals surface area contributed by atoms with Crippen LogP contribution < -0.4 is 4.74 Å². The van der Waals surface area contributed by atoms with Gasteiger partial charge in [-0.25, -0.2) is 17.4 Å². The summed E-state index contributed by atoms with van der Waals surface area (Å²) in [5, 5.41) is 10.6. The van der Waals surface area contributed by atoms with E-state index in [4.69, 9.17) is 9.47 Å². The Balaban J connectivity index is 1.65. The summed E-state index contributed by atoms with van der Waals surface area (Å²) in [5.41, 5.74) is 6.40. The minimum absolute atomic E-state index is 0.00927. The number of nitriles is 1. The monoisotopic (exact) mass is 597 g/mol. The van der Waals surface area contributed by atoms with Gasteiger partial charge in [0, 0.05) is 41.7 Å². The van der Waals surface area contributed by atoms with E-state index in [0.29, 0.717) is 46.7 Å². The van der Waals surface area contributed by atoms with E-state index in [1.54, 1.807) is 54.9 Å². The Morgan fingerprint density at radius 1 is 1.05 bits per heavy atom. The summed E-state index contributed by atoms with van der Waals surface area (Å²) in [6.45, 7) is 7.91. The molecule has 2 aromatic carbocycles. The highest BCUT2D eigenvalue weighted by Gasteiger charge is 2.26. The van der Waals surface area contributed by atoms with Gasteiger partial charge < -0.3 is 9.47 Å². The molecule has 0 atom stereocenters. The first kappa shape index (κ1) is 29.6. The molecule has 0 unspecified atom stereocenters. The lowest BCUT2D eigenvalue weighted by atomic mass is 10.0. The minimum Gasteiger partial charge on any atom is -0.489 e. The Bertz CT molecular complexity index is 1780. The molecule has 1 saturated heterocycles. The van der Waals surface area contributed by atoms with Gasteiger partial charge in [0.2, 0.25) is 0 Å². The van der Waals surface area contributed by atoms with Crippen LogP contribution in [0.15, 0.2) is 71.9 Å². The minimum atomic E-state index is -3.93. The maximum absolute atomic E-state index is 13.8. The molecule has 1 aliphatic heterocycles. The zero-order valence-corrected chi connectivity index (χ0v) is 26.1. The highest BCUT2D eigenvalue weighted by molar-refractivity contribution is 7.90. The predicted octanol–water partition coefficient (Wildman–Crippen LogP) is 6.77. The van der Waals surface area contributed by atoms with Crippen LogP contribution in [0.2, 0.25) is 18.1 Å². The lowest BCUT2D eigenvalue weighted by Crippen LogP contribution is -2.29. The fourth-order valence-electron chi connectivity index (χ4n) is 5.35. The van der Waals surface area contributed by atoms with Gasteiger partial charge in [-0.05, 0) is 54.0 Å². The zero-order chi connectivity index (χ0) is 29.7. The largest absolute Gasteiger partial charge is 0.489 e. The molecule has 216 valence electrons. The number of hydrogen-bond donors (Lipinski definition) is 0. The number of rotatable bonds is 8. The Hall–Kier alpha value is -3.89. The van der Waals surface area contributed by atoms with E-state index in [1.807, 2.05) is 12.1 Å². The third-order valence-corrected chi connectivity index (χ3v) is 14.7. The van der Waals surface area contributed by atoms with Crippen molar-refractivity contribution < 1.29 is 17.9 Å². The van der Waals surface area contributed by atoms with Gasteiger partial charge in [0.25, 0.3) is 10.0 Å². The second-order valence-corrected chi connectivity index (χ2v) is 17.3. The molecule has 0 amide bonds. The van der Waals surface area contributed by atoms with Crippen LogP contribution in [-0.2, 0) is 14.8 Å². The molecule has 0 radical (unpaired) electrons. The summed E-state index contributed by atoms with van der Waals surface area (Å²) < 4.78 is 40.3. The van der Waals surface area contributed by atoms with Crippen molar-refractivity contribution in [3.05, 3.63) is 78.1 Å². The maximum atomic E-state index is 13.8. The molecule has 3 heterocycles. The fraction of sp³-hybridized carbons (Fsp3) is 0.333. The quantitative estimate of drug-likeness (QED) is 0.164. The molecule has 9 heteroatoms. The summed E-state index contributed by atoms with van der Waals surface area (Å²) in [6.07, 6.45) is 4.78. The lowest BCUT2D eigenvalue weighted by molar-refractivity contribution is 0.0254. The first-order valence-corrected chi connectivity index (χ1v) is 18.5. The molecule has 1 fully saturated rings. The van der Waals surface area contributed by atoms with Crippen LogP contribution >= 0.6 is 0 Å². The van der Waals surface area contributed by atoms with E-state index in [-0.39, 0.29) is 11.0 Å². The van der Waals surface area contributed by atoms with Crippen molar-refractivity contribution in [1.29, 1.82) is 5.26 Å². The summed E-state index contributed by atoms with van der Waals surface area (Å²) in [4.78, 5) is 4.80. The first-order valence-electron chi connectivity index (χ1n) is 14.5. The SMILES string of the molecule is CC[Si](C#Cc1cnc2c(c1)c(-c1ccc(OC3CCOCC3)c(C#N)c1)cn2S(=O)(=O)c1ccccc1)(CC)CC. The number of benzene rings is 2. The fourth-order valence-corrected chi connectivity index (χ4v) is 9.13. The highest BCUT2D eigenvalue weighted by atomic mass is 32.2. The lowest BCUT2D eigenvalue weighted by Gasteiger charge is -2.23. The number of hydrogen-bond acceptors (Lipinski definition) is 6. The van der Waals surface area contributed by atoms with E-state index >= 15 is 0 Å². The summed E-state index contributed by atoms with van der Waals surface area (Å²) >= 11 is 0. The average Bonchev–Trinajstić information content (AvgIpc) is 3.43. The van der Waals surface area contributed by atoms with Crippen molar-refractivity contribution in [1.82, 2.24) is 8.96 Å². The zero-order valence-electron chi connectivity index (χ0n) is 24.3. The van der Waals surface area contributed by atoms with Gasteiger partial charge in [0.1, 0.15) is 26.0 Å². The van der Waals surface area contributed by atoms with Gasteiger partial charge in [-0.15, -0.1) is 5.54 Å². The van der Waals surface area contributed by atoms with Crippen LogP contribution in [0.25, 0.3) is 22.2 Å². The molecule has 4 aromatic rings. The normalized spacial score (nSPS) is 14.2. The van der Waals surface area contributed by atoms with Crippen molar-refractivity contribution in [3.63, 3.8) is 0 Å². The highest BCUT2D eigenvalue weighted by Crippen LogP contribution is 2.35. The van der Waals surface area contributed by atoms with Crippen LogP contribution in [-0.4, -0.2) is 44.8 Å². The van der Waals surface area contributed by atoms with Crippen LogP contribution in [0.3, 0.4) is 0 Å². The smallest absolute Gasteiger partial charge is 0.269 e. The number of ether oxygens (including phenoxy) is 2. The molecule has 0 aliphatic carbocycles. The molecule has 2 aromatic heterocycles. The van der Waals surface area contributed by atoms with Crippen LogP contribution in [0, 0.1) is 22.8 Å². The Morgan fingerprint density at radius 2 is 1.76 bits per heavy atom. The molecular formula is C33H35N3O4SSi. The third-order valence-electron chi connectivity index (χ3n) is 8.29. The number of pyridine rings is 1. The molecule has 7 nitrogen and oxygen atoms in total. The first-order chi connectivity index (χ1) is 20.3. The van der Waals surface area contributed by atoms with E-state index in [1.165, 1.54) is 3.97 Å². The maximum Gasteiger partial charge on any atom is 0.269 e. The average molecular weight is 598 g/mol. The number of fused-ring (bicyclic) bond motifs is 1. The molecule has 0 saturated carbocycles. The van der Waals surface area contributed by atoms with Gasteiger partial charge in [-0.1, -0.05) is 51.0 Å². The van der Waals surface area contributed by atoms with E-state index in [0.717, 1.165) is 36.5 Å². The van der Waals surface area contributed by atoms with Crippen LogP contribution in [0.4, 0.5) is 0 Å². The predicted molar refractivity (Wildman–Crippen MR) is 167 cm³/mol. The molecule has 0 bridgehead atoms. The molecule has 42 heavy (non-hydrogen) atoms. The van der Waals surface area contributed by atoms with E-state index in [2.05, 4.69) is 43.3 Å². The number of nitrogens with zero attached hydrogens (tertiary/aromatic N) is 3. The van der Waals surface area contributed by atoms with Crippen molar-refractivity contribution >= 4 is 29.1 Å². The van der Waals surface area contributed by atoms with Gasteiger partial charge in [-0.2, -0.15) is 5.26 Å². The number of aromatic nitrogens is 2. The molecule has 1 aliphatic rings. The Morgan fingerprint density at radius 3 is 2.43 bits per heavy atom. The summed E-state index contributed by atoms with van der Waals surface area (Å²) in [7, 11) is -5.63. The van der Waals surface area contributed by atoms with Crippen molar-refractivity contribution in [2.75, 3.05) is 13.2 Å². The van der Waals surface area contributed by atoms with Crippen molar-refractivity contribution in [3.8, 4) is 34.4 Å². The van der Waals surface area contributed by atoms with Gasteiger partial charge >= 0.3 is 0 Å². The third kappa shape index (κ3) is 5.87. The van der Waals surface area contributed by atoms with Gasteiger partial charge in [-0.3, -0.25) is 0 Å². The Kier molecular flexibility index (Phi) is 8.84. The summed E-state index contributed by atoms with van der Waals surface area (Å²) in [5.74, 6) is 3.89.